The van der Waals surface area contributed by atoms with E-state index in [9.17, 15) is 43.2 Å². The van der Waals surface area contributed by atoms with Crippen LogP contribution >= 0.6 is 15.6 Å². The smallest absolute Gasteiger partial charge is 0.462 e. The van der Waals surface area contributed by atoms with Crippen LogP contribution < -0.4 is 0 Å². The molecule has 564 valence electrons. The molecule has 0 aromatic rings. The first-order valence-corrected chi connectivity index (χ1v) is 42.8. The molecule has 95 heavy (non-hydrogen) atoms. The molecule has 5 atom stereocenters. The first-order valence-electron chi connectivity index (χ1n) is 39.8. The monoisotopic (exact) mass is 1400 g/mol. The number of ether oxygens (including phenoxy) is 4. The van der Waals surface area contributed by atoms with Crippen LogP contribution in [0.3, 0.4) is 0 Å². The zero-order valence-corrected chi connectivity index (χ0v) is 63.4. The maximum atomic E-state index is 13.1. The molecule has 0 aliphatic heterocycles. The predicted molar refractivity (Wildman–Crippen MR) is 386 cm³/mol. The summed E-state index contributed by atoms with van der Waals surface area (Å²) in [6.07, 6.45) is 61.0. The number of carbonyl (C=O) groups excluding carboxylic acids is 4. The predicted octanol–water partition coefficient (Wildman–Crippen LogP) is 22.6. The highest BCUT2D eigenvalue weighted by Gasteiger charge is 2.30. The molecule has 19 heteroatoms. The highest BCUT2D eigenvalue weighted by atomic mass is 31.2. The second-order valence-corrected chi connectivity index (χ2v) is 30.3. The van der Waals surface area contributed by atoms with E-state index < -0.39 is 97.5 Å². The Kier molecular flexibility index (Phi) is 69.1. The first-order chi connectivity index (χ1) is 46.2. The van der Waals surface area contributed by atoms with E-state index in [4.69, 9.17) is 37.0 Å². The number of hydrogen-bond acceptors (Lipinski definition) is 15. The SMILES string of the molecule is CCCCCCCCCCCCCCCCCCCC(=O)O[C@H](COC(=O)CCCCCCCCCCCCCCCCCC)COP(=O)(O)OC[C@@H](O)COP(=O)(O)OC[C@@H](COC(=O)CCCCCCCCCC)OC(=O)CCCCCCCCCCCCCCCC. The van der Waals surface area contributed by atoms with Gasteiger partial charge in [-0.2, -0.15) is 0 Å². The second kappa shape index (κ2) is 70.5. The van der Waals surface area contributed by atoms with Gasteiger partial charge in [-0.15, -0.1) is 0 Å². The number of esters is 4. The molecular formula is C76H148O17P2. The van der Waals surface area contributed by atoms with Gasteiger partial charge in [0.1, 0.15) is 19.3 Å². The normalized spacial score (nSPS) is 13.9. The Balaban J connectivity index is 5.21. The maximum Gasteiger partial charge on any atom is 0.472 e. The Morgan fingerprint density at radius 2 is 0.421 bits per heavy atom. The van der Waals surface area contributed by atoms with Crippen LogP contribution in [0.1, 0.15) is 407 Å². The molecule has 0 saturated heterocycles. The van der Waals surface area contributed by atoms with Crippen molar-refractivity contribution < 1.29 is 80.2 Å². The van der Waals surface area contributed by atoms with Gasteiger partial charge < -0.3 is 33.8 Å². The Bertz CT molecular complexity index is 1810. The Labute approximate surface area is 581 Å². The molecule has 0 spiro atoms. The fourth-order valence-corrected chi connectivity index (χ4v) is 13.3. The highest BCUT2D eigenvalue weighted by Crippen LogP contribution is 2.45. The lowest BCUT2D eigenvalue weighted by molar-refractivity contribution is -0.161. The molecule has 0 aromatic heterocycles. The van der Waals surface area contributed by atoms with Gasteiger partial charge in [-0.25, -0.2) is 9.13 Å². The number of phosphoric ester groups is 2. The molecule has 0 aliphatic rings. The van der Waals surface area contributed by atoms with E-state index in [-0.39, 0.29) is 25.7 Å². The van der Waals surface area contributed by atoms with Crippen molar-refractivity contribution in [1.29, 1.82) is 0 Å². The zero-order chi connectivity index (χ0) is 69.7. The van der Waals surface area contributed by atoms with Gasteiger partial charge >= 0.3 is 39.5 Å². The van der Waals surface area contributed by atoms with Crippen molar-refractivity contribution in [3.05, 3.63) is 0 Å². The van der Waals surface area contributed by atoms with E-state index in [1.807, 2.05) is 0 Å². The number of hydrogen-bond donors (Lipinski definition) is 3. The van der Waals surface area contributed by atoms with Gasteiger partial charge in [0.15, 0.2) is 12.2 Å². The van der Waals surface area contributed by atoms with E-state index in [1.165, 1.54) is 238 Å². The minimum atomic E-state index is -4.96. The first kappa shape index (κ1) is 93.1. The summed E-state index contributed by atoms with van der Waals surface area (Å²) in [7, 11) is -9.91. The summed E-state index contributed by atoms with van der Waals surface area (Å²) in [5, 5.41) is 10.6. The molecular weight excluding hydrogens is 1250 g/mol. The van der Waals surface area contributed by atoms with Gasteiger partial charge in [0.25, 0.3) is 0 Å². The average Bonchev–Trinajstić information content (AvgIpc) is 3.43. The van der Waals surface area contributed by atoms with Crippen molar-refractivity contribution in [3.8, 4) is 0 Å². The lowest BCUT2D eigenvalue weighted by Gasteiger charge is -2.21. The fraction of sp³-hybridized carbons (Fsp3) is 0.947. The Morgan fingerprint density at radius 3 is 0.621 bits per heavy atom. The summed E-state index contributed by atoms with van der Waals surface area (Å²) in [6.45, 7) is 4.98. The van der Waals surface area contributed by atoms with Crippen LogP contribution in [0.4, 0.5) is 0 Å². The minimum absolute atomic E-state index is 0.108. The Morgan fingerprint density at radius 1 is 0.253 bits per heavy atom. The molecule has 0 rings (SSSR count). The number of carbonyl (C=O) groups is 4. The molecule has 2 unspecified atom stereocenters. The van der Waals surface area contributed by atoms with Gasteiger partial charge in [-0.1, -0.05) is 355 Å². The van der Waals surface area contributed by atoms with E-state index in [0.717, 1.165) is 89.9 Å². The van der Waals surface area contributed by atoms with E-state index in [1.54, 1.807) is 0 Å². The topological polar surface area (TPSA) is 237 Å². The summed E-state index contributed by atoms with van der Waals surface area (Å²) >= 11 is 0. The second-order valence-electron chi connectivity index (χ2n) is 27.4. The van der Waals surface area contributed by atoms with Crippen LogP contribution in [-0.2, 0) is 65.4 Å². The van der Waals surface area contributed by atoms with Crippen molar-refractivity contribution in [2.45, 2.75) is 425 Å². The summed E-state index contributed by atoms with van der Waals surface area (Å²) in [5.74, 6) is -2.11. The van der Waals surface area contributed by atoms with Gasteiger partial charge in [0.2, 0.25) is 0 Å². The number of aliphatic hydroxyl groups is 1. The Hall–Kier alpha value is -1.94. The third-order valence-electron chi connectivity index (χ3n) is 17.9. The van der Waals surface area contributed by atoms with Crippen molar-refractivity contribution in [2.24, 2.45) is 0 Å². The summed E-state index contributed by atoms with van der Waals surface area (Å²) < 4.78 is 68.5. The number of unbranched alkanes of at least 4 members (excludes halogenated alkanes) is 51. The lowest BCUT2D eigenvalue weighted by Crippen LogP contribution is -2.30. The van der Waals surface area contributed by atoms with E-state index in [2.05, 4.69) is 27.7 Å². The van der Waals surface area contributed by atoms with Gasteiger partial charge in [0.05, 0.1) is 26.4 Å². The molecule has 0 fully saturated rings. The van der Waals surface area contributed by atoms with Crippen LogP contribution in [0.5, 0.6) is 0 Å². The molecule has 0 heterocycles. The molecule has 0 amide bonds. The van der Waals surface area contributed by atoms with Crippen LogP contribution in [0.25, 0.3) is 0 Å². The van der Waals surface area contributed by atoms with Crippen LogP contribution in [0.15, 0.2) is 0 Å². The number of phosphoric acid groups is 2. The zero-order valence-electron chi connectivity index (χ0n) is 61.6. The molecule has 3 N–H and O–H groups in total. The molecule has 17 nitrogen and oxygen atoms in total. The number of rotatable bonds is 77. The molecule has 0 bridgehead atoms. The van der Waals surface area contributed by atoms with E-state index >= 15 is 0 Å². The van der Waals surface area contributed by atoms with Crippen molar-refractivity contribution in [3.63, 3.8) is 0 Å². The highest BCUT2D eigenvalue weighted by molar-refractivity contribution is 7.47. The van der Waals surface area contributed by atoms with Crippen molar-refractivity contribution in [1.82, 2.24) is 0 Å². The molecule has 0 radical (unpaired) electrons. The summed E-state index contributed by atoms with van der Waals surface area (Å²) in [6, 6.07) is 0. The van der Waals surface area contributed by atoms with Gasteiger partial charge in [0, 0.05) is 25.7 Å². The quantitative estimate of drug-likeness (QED) is 0.0222. The summed E-state index contributed by atoms with van der Waals surface area (Å²) in [5.41, 5.74) is 0. The van der Waals surface area contributed by atoms with Crippen molar-refractivity contribution >= 4 is 39.5 Å². The third-order valence-corrected chi connectivity index (χ3v) is 19.8. The molecule has 0 aromatic carbocycles. The lowest BCUT2D eigenvalue weighted by atomic mass is 10.0. The number of aliphatic hydroxyl groups excluding tert-OH is 1. The molecule has 0 aliphatic carbocycles. The van der Waals surface area contributed by atoms with Crippen LogP contribution in [0.2, 0.25) is 0 Å². The van der Waals surface area contributed by atoms with Gasteiger partial charge in [-0.05, 0) is 25.7 Å². The maximum absolute atomic E-state index is 13.1. The standard InChI is InChI=1S/C76H148O17P2/c1-5-9-13-17-21-25-28-31-34-36-38-41-44-47-51-55-59-63-76(81)93-72(67-87-74(79)61-57-53-49-45-42-40-37-35-32-29-26-22-18-14-10-6-2)69-91-95(84,85)89-65-70(77)64-88-94(82,83)90-68-71(66-86-73(78)60-56-52-48-24-20-16-12-8-4)92-75(80)62-58-54-50-46-43-39-33-30-27-23-19-15-11-7-3/h70-72,77H,5-69H2,1-4H3,(H,82,83)(H,84,85)/t70-,71+,72+/m0/s1. The minimum Gasteiger partial charge on any atom is -0.462 e. The third kappa shape index (κ3) is 70.3. The average molecular weight is 1400 g/mol. The van der Waals surface area contributed by atoms with Crippen LogP contribution in [0, 0.1) is 0 Å². The summed E-state index contributed by atoms with van der Waals surface area (Å²) in [4.78, 5) is 72.7. The fourth-order valence-electron chi connectivity index (χ4n) is 11.8. The van der Waals surface area contributed by atoms with E-state index in [0.29, 0.717) is 25.7 Å². The largest absolute Gasteiger partial charge is 0.472 e. The van der Waals surface area contributed by atoms with Crippen molar-refractivity contribution in [2.75, 3.05) is 39.6 Å². The van der Waals surface area contributed by atoms with Gasteiger partial charge in [-0.3, -0.25) is 37.3 Å². The molecule has 0 saturated carbocycles. The van der Waals surface area contributed by atoms with Crippen LogP contribution in [-0.4, -0.2) is 96.7 Å².